The standard InChI is InChI=1S/C29H26F4N4O3S/c30-20-5-2-1-4-18(20)26-19(15-34)28(36-21-6-3-7-24(38)27(21)26)41-16-25(39)35-22-14-17(29(31,32)33)8-9-23(22)37-10-12-40-13-11-37/h1-2,4-5,8-9,14,26,36H,3,6-7,10-13,16H2,(H,35,39)/t26-/m1/s1. The van der Waals surface area contributed by atoms with Crippen LogP contribution in [0.4, 0.5) is 28.9 Å². The quantitative estimate of drug-likeness (QED) is 0.433. The Balaban J connectivity index is 1.41. The number of carbonyl (C=O) groups is 2. The third-order valence-electron chi connectivity index (χ3n) is 7.18. The molecule has 214 valence electrons. The maximum absolute atomic E-state index is 14.9. The number of rotatable bonds is 6. The van der Waals surface area contributed by atoms with Crippen molar-refractivity contribution in [2.24, 2.45) is 0 Å². The van der Waals surface area contributed by atoms with Gasteiger partial charge in [-0.1, -0.05) is 30.0 Å². The number of dihydropyridines is 1. The molecule has 0 aromatic heterocycles. The normalized spacial score (nSPS) is 19.4. The Morgan fingerprint density at radius 2 is 1.93 bits per heavy atom. The lowest BCUT2D eigenvalue weighted by Gasteiger charge is -2.33. The minimum absolute atomic E-state index is 0.0190. The molecule has 0 radical (unpaired) electrons. The predicted octanol–water partition coefficient (Wildman–Crippen LogP) is 5.48. The third kappa shape index (κ3) is 6.11. The Hall–Kier alpha value is -3.82. The summed E-state index contributed by atoms with van der Waals surface area (Å²) in [5.74, 6) is -2.47. The van der Waals surface area contributed by atoms with Crippen LogP contribution >= 0.6 is 11.8 Å². The molecular weight excluding hydrogens is 560 g/mol. The van der Waals surface area contributed by atoms with Gasteiger partial charge in [0.2, 0.25) is 5.91 Å². The van der Waals surface area contributed by atoms with Gasteiger partial charge in [-0.2, -0.15) is 18.4 Å². The fourth-order valence-electron chi connectivity index (χ4n) is 5.27. The molecule has 2 heterocycles. The van der Waals surface area contributed by atoms with Gasteiger partial charge >= 0.3 is 6.18 Å². The molecule has 12 heteroatoms. The number of ketones is 1. The second-order valence-corrected chi connectivity index (χ2v) is 10.8. The number of allylic oxidation sites excluding steroid dienone is 3. The molecule has 41 heavy (non-hydrogen) atoms. The summed E-state index contributed by atoms with van der Waals surface area (Å²) in [6.07, 6.45) is -3.19. The monoisotopic (exact) mass is 586 g/mol. The van der Waals surface area contributed by atoms with Crippen LogP contribution < -0.4 is 15.5 Å². The zero-order valence-corrected chi connectivity index (χ0v) is 22.6. The van der Waals surface area contributed by atoms with E-state index in [1.54, 1.807) is 6.07 Å². The van der Waals surface area contributed by atoms with Crippen molar-refractivity contribution in [2.75, 3.05) is 42.3 Å². The van der Waals surface area contributed by atoms with E-state index in [0.717, 1.165) is 23.9 Å². The number of nitriles is 1. The average molecular weight is 587 g/mol. The van der Waals surface area contributed by atoms with Crippen molar-refractivity contribution >= 4 is 34.8 Å². The zero-order valence-electron chi connectivity index (χ0n) is 21.8. The van der Waals surface area contributed by atoms with Gasteiger partial charge in [-0.25, -0.2) is 4.39 Å². The summed E-state index contributed by atoms with van der Waals surface area (Å²) in [7, 11) is 0. The summed E-state index contributed by atoms with van der Waals surface area (Å²) in [4.78, 5) is 27.8. The number of benzene rings is 2. The van der Waals surface area contributed by atoms with Crippen molar-refractivity contribution in [2.45, 2.75) is 31.4 Å². The molecule has 1 amide bonds. The fourth-order valence-corrected chi connectivity index (χ4v) is 6.14. The molecule has 2 N–H and O–H groups in total. The number of alkyl halides is 3. The smallest absolute Gasteiger partial charge is 0.378 e. The van der Waals surface area contributed by atoms with E-state index in [1.807, 2.05) is 4.90 Å². The largest absolute Gasteiger partial charge is 0.416 e. The zero-order chi connectivity index (χ0) is 29.1. The van der Waals surface area contributed by atoms with Crippen LogP contribution in [0.3, 0.4) is 0 Å². The van der Waals surface area contributed by atoms with Gasteiger partial charge in [-0.05, 0) is 37.1 Å². The summed E-state index contributed by atoms with van der Waals surface area (Å²) in [5.41, 5.74) is 0.808. The van der Waals surface area contributed by atoms with E-state index in [4.69, 9.17) is 4.74 Å². The lowest BCUT2D eigenvalue weighted by Crippen LogP contribution is -2.37. The van der Waals surface area contributed by atoms with E-state index in [1.165, 1.54) is 24.3 Å². The first kappa shape index (κ1) is 28.7. The molecule has 0 bridgehead atoms. The van der Waals surface area contributed by atoms with Crippen molar-refractivity contribution in [1.29, 1.82) is 5.26 Å². The molecule has 0 spiro atoms. The average Bonchev–Trinajstić information content (AvgIpc) is 2.96. The number of halogens is 4. The number of anilines is 2. The molecule has 1 fully saturated rings. The van der Waals surface area contributed by atoms with Crippen molar-refractivity contribution in [3.05, 3.63) is 81.3 Å². The van der Waals surface area contributed by atoms with E-state index in [0.29, 0.717) is 61.1 Å². The van der Waals surface area contributed by atoms with Crippen LogP contribution in [0.25, 0.3) is 0 Å². The van der Waals surface area contributed by atoms with Crippen LogP contribution in [0.2, 0.25) is 0 Å². The molecule has 2 aromatic carbocycles. The van der Waals surface area contributed by atoms with Gasteiger partial charge in [0.15, 0.2) is 5.78 Å². The SMILES string of the molecule is N#CC1=C(SCC(=O)Nc2cc(C(F)(F)F)ccc2N2CCOCC2)NC2=C(C(=O)CCC2)[C@@H]1c1ccccc1F. The first-order valence-electron chi connectivity index (χ1n) is 13.1. The third-order valence-corrected chi connectivity index (χ3v) is 8.19. The van der Waals surface area contributed by atoms with Crippen molar-refractivity contribution in [3.8, 4) is 6.07 Å². The number of hydrogen-bond donors (Lipinski definition) is 2. The van der Waals surface area contributed by atoms with Gasteiger partial charge in [-0.15, -0.1) is 0 Å². The highest BCUT2D eigenvalue weighted by molar-refractivity contribution is 8.03. The predicted molar refractivity (Wildman–Crippen MR) is 146 cm³/mol. The molecule has 3 aliphatic rings. The maximum atomic E-state index is 14.9. The minimum Gasteiger partial charge on any atom is -0.378 e. The number of thioether (sulfide) groups is 1. The summed E-state index contributed by atoms with van der Waals surface area (Å²) in [6, 6.07) is 11.3. The number of carbonyl (C=O) groups excluding carboxylic acids is 2. The van der Waals surface area contributed by atoms with Gasteiger partial charge in [0.1, 0.15) is 5.82 Å². The Kier molecular flexibility index (Phi) is 8.37. The van der Waals surface area contributed by atoms with Crippen LogP contribution in [0.1, 0.15) is 36.3 Å². The van der Waals surface area contributed by atoms with Gasteiger partial charge < -0.3 is 20.3 Å². The highest BCUT2D eigenvalue weighted by atomic mass is 32.2. The van der Waals surface area contributed by atoms with Gasteiger partial charge in [0.05, 0.1) is 58.5 Å². The van der Waals surface area contributed by atoms with Crippen LogP contribution in [0.5, 0.6) is 0 Å². The van der Waals surface area contributed by atoms with Gasteiger partial charge in [0.25, 0.3) is 0 Å². The van der Waals surface area contributed by atoms with Crippen molar-refractivity contribution in [1.82, 2.24) is 5.32 Å². The summed E-state index contributed by atoms with van der Waals surface area (Å²) in [6.45, 7) is 1.73. The van der Waals surface area contributed by atoms with Crippen LogP contribution in [-0.2, 0) is 20.5 Å². The Labute approximate surface area is 238 Å². The summed E-state index contributed by atoms with van der Waals surface area (Å²) >= 11 is 0.980. The van der Waals surface area contributed by atoms with Crippen LogP contribution in [-0.4, -0.2) is 43.7 Å². The molecule has 1 atom stereocenters. The number of morpholine rings is 1. The maximum Gasteiger partial charge on any atom is 0.416 e. The topological polar surface area (TPSA) is 94.5 Å². The van der Waals surface area contributed by atoms with Crippen molar-refractivity contribution < 1.29 is 31.9 Å². The second-order valence-electron chi connectivity index (χ2n) is 9.77. The molecule has 0 saturated carbocycles. The van der Waals surface area contributed by atoms with E-state index in [2.05, 4.69) is 16.7 Å². The molecule has 2 aliphatic heterocycles. The molecule has 2 aromatic rings. The number of nitrogens with zero attached hydrogens (tertiary/aromatic N) is 2. The molecule has 1 aliphatic carbocycles. The lowest BCUT2D eigenvalue weighted by atomic mass is 9.76. The van der Waals surface area contributed by atoms with Crippen molar-refractivity contribution in [3.63, 3.8) is 0 Å². The molecule has 5 rings (SSSR count). The van der Waals surface area contributed by atoms with Crippen LogP contribution in [0.15, 0.2) is 64.3 Å². The van der Waals surface area contributed by atoms with E-state index >= 15 is 0 Å². The first-order valence-corrected chi connectivity index (χ1v) is 14.0. The lowest BCUT2D eigenvalue weighted by molar-refractivity contribution is -0.137. The van der Waals surface area contributed by atoms with Crippen LogP contribution in [0, 0.1) is 17.1 Å². The number of amides is 1. The molecule has 0 unspecified atom stereocenters. The highest BCUT2D eigenvalue weighted by Gasteiger charge is 2.38. The highest BCUT2D eigenvalue weighted by Crippen LogP contribution is 2.44. The van der Waals surface area contributed by atoms with Gasteiger partial charge in [0, 0.05) is 36.3 Å². The summed E-state index contributed by atoms with van der Waals surface area (Å²) in [5, 5.41) is 16.1. The summed E-state index contributed by atoms with van der Waals surface area (Å²) < 4.78 is 60.7. The second kappa shape index (κ2) is 12.0. The first-order chi connectivity index (χ1) is 19.7. The van der Waals surface area contributed by atoms with Gasteiger partial charge in [-0.3, -0.25) is 9.59 Å². The Morgan fingerprint density at radius 1 is 1.17 bits per heavy atom. The Morgan fingerprint density at radius 3 is 2.63 bits per heavy atom. The molecule has 1 saturated heterocycles. The number of ether oxygens (including phenoxy) is 1. The fraction of sp³-hybridized carbons (Fsp3) is 0.345. The molecular formula is C29H26F4N4O3S. The van der Waals surface area contributed by atoms with E-state index in [9.17, 15) is 32.4 Å². The van der Waals surface area contributed by atoms with E-state index < -0.39 is 29.4 Å². The van der Waals surface area contributed by atoms with E-state index in [-0.39, 0.29) is 34.8 Å². The number of Topliss-reactive ketones (excluding diaryl/α,β-unsaturated/α-hetero) is 1. The minimum atomic E-state index is -4.60. The Bertz CT molecular complexity index is 1480. The molecule has 7 nitrogen and oxygen atoms in total. The number of hydrogen-bond acceptors (Lipinski definition) is 7. The number of nitrogens with one attached hydrogen (secondary N) is 2.